The third kappa shape index (κ3) is 1.80. The molecule has 0 saturated heterocycles. The van der Waals surface area contributed by atoms with Crippen LogP contribution in [0.3, 0.4) is 0 Å². The molecule has 0 heterocycles. The van der Waals surface area contributed by atoms with E-state index >= 15 is 0 Å². The number of aryl methyl sites for hydroxylation is 1. The molecule has 0 amide bonds. The first kappa shape index (κ1) is 13.6. The molecule has 1 aromatic carbocycles. The van der Waals surface area contributed by atoms with Gasteiger partial charge in [0.2, 0.25) is 0 Å². The fourth-order valence-corrected chi connectivity index (χ4v) is 5.56. The highest BCUT2D eigenvalue weighted by molar-refractivity contribution is 5.40. The standard InChI is InChI=1S/C18H24O3/c1-18-7-6-13-12-5-3-11(19)8-10(12)2-4-14(13)15(18)9-16(20)17(18)21/h3,5,8,13-17,19-21H,2,4,6-7,9H2,1H3/t13?,14?,15?,16-,17+,18+/m1/s1/i3+1,8+1,11+1. The monoisotopic (exact) mass is 291 g/mol. The predicted molar refractivity (Wildman–Crippen MR) is 80.1 cm³/mol. The van der Waals surface area contributed by atoms with Gasteiger partial charge in [0.05, 0.1) is 12.2 Å². The van der Waals surface area contributed by atoms with Crippen LogP contribution in [-0.2, 0) is 6.42 Å². The minimum absolute atomic E-state index is 0.116. The molecule has 2 fully saturated rings. The molecule has 3 aliphatic rings. The van der Waals surface area contributed by atoms with Gasteiger partial charge in [-0.2, -0.15) is 0 Å². The van der Waals surface area contributed by atoms with Gasteiger partial charge in [0.25, 0.3) is 0 Å². The molecule has 6 atom stereocenters. The molecule has 114 valence electrons. The lowest BCUT2D eigenvalue weighted by Gasteiger charge is -2.49. The smallest absolute Gasteiger partial charge is 0.115 e. The maximum absolute atomic E-state index is 10.4. The second-order valence-corrected chi connectivity index (χ2v) is 7.59. The number of aromatic hydroxyl groups is 1. The molecule has 2 saturated carbocycles. The number of phenols is 1. The fraction of sp³-hybridized carbons (Fsp3) is 0.667. The molecule has 4 rings (SSSR count). The average Bonchev–Trinajstić information content (AvgIpc) is 2.70. The van der Waals surface area contributed by atoms with Crippen molar-refractivity contribution in [2.75, 3.05) is 0 Å². The number of benzene rings is 1. The number of aliphatic hydroxyl groups is 2. The number of hydrogen-bond acceptors (Lipinski definition) is 3. The SMILES string of the molecule is C[C@]12CCC3c4c[13cH][13c](O)[13cH]c4CCC3C1C[C@@H](O)[C@@H]2O. The van der Waals surface area contributed by atoms with E-state index in [1.165, 1.54) is 11.1 Å². The molecule has 3 heteroatoms. The van der Waals surface area contributed by atoms with E-state index in [-0.39, 0.29) is 5.41 Å². The molecule has 0 aromatic heterocycles. The van der Waals surface area contributed by atoms with Crippen LogP contribution in [0.5, 0.6) is 5.75 Å². The minimum Gasteiger partial charge on any atom is -0.508 e. The van der Waals surface area contributed by atoms with Crippen LogP contribution in [0.15, 0.2) is 18.2 Å². The third-order valence-corrected chi connectivity index (χ3v) is 6.68. The van der Waals surface area contributed by atoms with E-state index in [1.54, 1.807) is 6.07 Å². The number of aliphatic hydroxyl groups excluding tert-OH is 2. The Morgan fingerprint density at radius 1 is 1.19 bits per heavy atom. The van der Waals surface area contributed by atoms with Crippen molar-refractivity contribution in [2.45, 2.75) is 57.2 Å². The maximum Gasteiger partial charge on any atom is 0.115 e. The molecule has 0 aliphatic heterocycles. The Bertz CT molecular complexity index is 570. The number of hydrogen-bond donors (Lipinski definition) is 3. The highest BCUT2D eigenvalue weighted by Gasteiger charge is 2.57. The lowest BCUT2D eigenvalue weighted by atomic mass is 9.56. The number of rotatable bonds is 0. The maximum atomic E-state index is 10.4. The summed E-state index contributed by atoms with van der Waals surface area (Å²) >= 11 is 0. The summed E-state index contributed by atoms with van der Waals surface area (Å²) in [5, 5.41) is 30.2. The van der Waals surface area contributed by atoms with Gasteiger partial charge in [0.1, 0.15) is 5.75 Å². The second-order valence-electron chi connectivity index (χ2n) is 7.59. The van der Waals surface area contributed by atoms with E-state index < -0.39 is 12.2 Å². The second kappa shape index (κ2) is 4.47. The Morgan fingerprint density at radius 3 is 2.81 bits per heavy atom. The van der Waals surface area contributed by atoms with E-state index in [0.29, 0.717) is 23.5 Å². The first-order valence-electron chi connectivity index (χ1n) is 8.18. The van der Waals surface area contributed by atoms with Gasteiger partial charge in [-0.3, -0.25) is 0 Å². The van der Waals surface area contributed by atoms with Crippen LogP contribution in [-0.4, -0.2) is 27.5 Å². The zero-order chi connectivity index (χ0) is 14.8. The van der Waals surface area contributed by atoms with Crippen molar-refractivity contribution >= 4 is 0 Å². The molecule has 3 nitrogen and oxygen atoms in total. The molecular weight excluding hydrogens is 267 g/mol. The Balaban J connectivity index is 1.71. The lowest BCUT2D eigenvalue weighted by Crippen LogP contribution is -2.44. The Kier molecular flexibility index (Phi) is 2.89. The third-order valence-electron chi connectivity index (χ3n) is 6.68. The lowest BCUT2D eigenvalue weighted by molar-refractivity contribution is -0.0505. The minimum atomic E-state index is -0.565. The zero-order valence-corrected chi connectivity index (χ0v) is 12.5. The quantitative estimate of drug-likeness (QED) is 0.688. The number of phenolic OH excluding ortho intramolecular Hbond substituents is 1. The summed E-state index contributed by atoms with van der Waals surface area (Å²) in [7, 11) is 0. The van der Waals surface area contributed by atoms with Crippen molar-refractivity contribution in [3.63, 3.8) is 0 Å². The van der Waals surface area contributed by atoms with E-state index in [4.69, 9.17) is 0 Å². The van der Waals surface area contributed by atoms with Gasteiger partial charge in [-0.15, -0.1) is 0 Å². The summed E-state index contributed by atoms with van der Waals surface area (Å²) in [6, 6.07) is 5.80. The van der Waals surface area contributed by atoms with Crippen LogP contribution in [0, 0.1) is 17.3 Å². The highest BCUT2D eigenvalue weighted by Crippen LogP contribution is 2.60. The first-order chi connectivity index (χ1) is 10.0. The van der Waals surface area contributed by atoms with Gasteiger partial charge in [0, 0.05) is 0 Å². The van der Waals surface area contributed by atoms with Crippen molar-refractivity contribution in [3.05, 3.63) is 29.3 Å². The fourth-order valence-electron chi connectivity index (χ4n) is 5.56. The molecule has 1 aromatic rings. The highest BCUT2D eigenvalue weighted by atomic mass is 16.3. The summed E-state index contributed by atoms with van der Waals surface area (Å²) in [5.74, 6) is 1.88. The molecule has 3 N–H and O–H groups in total. The van der Waals surface area contributed by atoms with E-state index in [1.807, 2.05) is 6.07 Å². The van der Waals surface area contributed by atoms with Crippen LogP contribution in [0.1, 0.15) is 49.7 Å². The molecular formula is C18H24O3. The molecule has 3 aliphatic carbocycles. The van der Waals surface area contributed by atoms with Gasteiger partial charge in [-0.1, -0.05) is 13.0 Å². The van der Waals surface area contributed by atoms with Crippen LogP contribution in [0.25, 0.3) is 0 Å². The summed E-state index contributed by atoms with van der Waals surface area (Å²) < 4.78 is 0. The van der Waals surface area contributed by atoms with Crippen LogP contribution >= 0.6 is 0 Å². The summed E-state index contributed by atoms with van der Waals surface area (Å²) in [4.78, 5) is 0. The normalized spacial score (nSPS) is 44.8. The summed E-state index contributed by atoms with van der Waals surface area (Å²) in [6.45, 7) is 2.17. The summed E-state index contributed by atoms with van der Waals surface area (Å²) in [6.07, 6.45) is 3.80. The molecule has 3 unspecified atom stereocenters. The topological polar surface area (TPSA) is 60.7 Å². The Labute approximate surface area is 125 Å². The van der Waals surface area contributed by atoms with Crippen molar-refractivity contribution < 1.29 is 15.3 Å². The van der Waals surface area contributed by atoms with E-state index in [9.17, 15) is 15.3 Å². The van der Waals surface area contributed by atoms with Gasteiger partial charge in [0.15, 0.2) is 0 Å². The van der Waals surface area contributed by atoms with Crippen molar-refractivity contribution in [1.82, 2.24) is 0 Å². The Hall–Kier alpha value is -1.06. The largest absolute Gasteiger partial charge is 0.508 e. The van der Waals surface area contributed by atoms with Crippen LogP contribution in [0.4, 0.5) is 0 Å². The van der Waals surface area contributed by atoms with E-state index in [0.717, 1.165) is 32.1 Å². The van der Waals surface area contributed by atoms with Crippen molar-refractivity contribution in [2.24, 2.45) is 17.3 Å². The molecule has 0 radical (unpaired) electrons. The molecule has 0 spiro atoms. The van der Waals surface area contributed by atoms with Crippen molar-refractivity contribution in [1.29, 1.82) is 0 Å². The Morgan fingerprint density at radius 2 is 2.00 bits per heavy atom. The van der Waals surface area contributed by atoms with Crippen molar-refractivity contribution in [3.8, 4) is 5.75 Å². The molecule has 21 heavy (non-hydrogen) atoms. The van der Waals surface area contributed by atoms with Gasteiger partial charge in [-0.05, 0) is 78.5 Å². The van der Waals surface area contributed by atoms with Gasteiger partial charge < -0.3 is 15.3 Å². The summed E-state index contributed by atoms with van der Waals surface area (Å²) in [5.41, 5.74) is 2.57. The van der Waals surface area contributed by atoms with Gasteiger partial charge in [-0.25, -0.2) is 0 Å². The van der Waals surface area contributed by atoms with Crippen LogP contribution in [0.2, 0.25) is 0 Å². The first-order valence-corrected chi connectivity index (χ1v) is 8.18. The zero-order valence-electron chi connectivity index (χ0n) is 12.5. The average molecular weight is 291 g/mol. The number of fused-ring (bicyclic) bond motifs is 5. The molecule has 0 bridgehead atoms. The van der Waals surface area contributed by atoms with E-state index in [2.05, 4.69) is 13.0 Å². The van der Waals surface area contributed by atoms with Crippen LogP contribution < -0.4 is 0 Å². The predicted octanol–water partition coefficient (Wildman–Crippen LogP) is 2.58. The van der Waals surface area contributed by atoms with Gasteiger partial charge >= 0.3 is 0 Å².